The molecule has 1 aromatic carbocycles. The number of rotatable bonds is 13. The van der Waals surface area contributed by atoms with Crippen LogP contribution in [0.1, 0.15) is 52.4 Å². The van der Waals surface area contributed by atoms with Crippen LogP contribution in [0.15, 0.2) is 39.9 Å². The number of hydrogen-bond acceptors (Lipinski definition) is 8. The van der Waals surface area contributed by atoms with Crippen LogP contribution in [0.25, 0.3) is 22.4 Å². The lowest BCUT2D eigenvalue weighted by Crippen LogP contribution is -2.37. The Morgan fingerprint density at radius 3 is 2.03 bits per heavy atom. The minimum Gasteiger partial charge on any atom is -0.383 e. The van der Waals surface area contributed by atoms with E-state index in [4.69, 9.17) is 13.6 Å². The molecule has 0 aliphatic carbocycles. The Morgan fingerprint density at radius 1 is 0.857 bits per heavy atom. The van der Waals surface area contributed by atoms with Crippen LogP contribution >= 0.6 is 7.82 Å². The molecule has 0 saturated carbocycles. The Bertz CT molecular complexity index is 1290. The van der Waals surface area contributed by atoms with Gasteiger partial charge in [0.05, 0.1) is 13.2 Å². The minimum atomic E-state index is -4.07. The summed E-state index contributed by atoms with van der Waals surface area (Å²) >= 11 is 0. The van der Waals surface area contributed by atoms with E-state index in [0.717, 1.165) is 30.3 Å². The molecule has 2 heterocycles. The smallest absolute Gasteiger partial charge is 0.383 e. The molecule has 0 atom stereocenters. The number of phosphoric ester groups is 1. The molecule has 3 rings (SSSR count). The van der Waals surface area contributed by atoms with Crippen LogP contribution in [0.5, 0.6) is 5.88 Å². The number of phosphoric acid groups is 1. The molecule has 11 heteroatoms. The summed E-state index contributed by atoms with van der Waals surface area (Å²) in [6, 6.07) is 8.96. The Hall–Kier alpha value is -2.81. The van der Waals surface area contributed by atoms with Crippen molar-refractivity contribution in [3.05, 3.63) is 51.2 Å². The third-order valence-electron chi connectivity index (χ3n) is 5.48. The first kappa shape index (κ1) is 26.8. The van der Waals surface area contributed by atoms with Gasteiger partial charge in [0.25, 0.3) is 11.4 Å². The largest absolute Gasteiger partial charge is 0.531 e. The molecular formula is C24H33N4O6P. The molecule has 0 saturated heterocycles. The average molecular weight is 505 g/mol. The van der Waals surface area contributed by atoms with E-state index >= 15 is 0 Å². The van der Waals surface area contributed by atoms with Crippen LogP contribution in [-0.4, -0.2) is 32.3 Å². The van der Waals surface area contributed by atoms with Gasteiger partial charge >= 0.3 is 13.5 Å². The van der Waals surface area contributed by atoms with E-state index in [-0.39, 0.29) is 36.0 Å². The molecular weight excluding hydrogens is 471 g/mol. The van der Waals surface area contributed by atoms with Gasteiger partial charge in [-0.15, -0.1) is 0 Å². The second kappa shape index (κ2) is 12.2. The number of aryl methyl sites for hydroxylation is 1. The summed E-state index contributed by atoms with van der Waals surface area (Å²) in [5.41, 5.74) is -0.362. The number of nitrogens with zero attached hydrogens (tertiary/aromatic N) is 4. The molecule has 0 aliphatic heterocycles. The first-order valence-corrected chi connectivity index (χ1v) is 13.4. The van der Waals surface area contributed by atoms with Crippen molar-refractivity contribution in [2.24, 2.45) is 14.1 Å². The highest BCUT2D eigenvalue weighted by molar-refractivity contribution is 7.48. The van der Waals surface area contributed by atoms with Crippen molar-refractivity contribution in [1.29, 1.82) is 0 Å². The van der Waals surface area contributed by atoms with Crippen LogP contribution in [0.4, 0.5) is 0 Å². The zero-order valence-electron chi connectivity index (χ0n) is 20.7. The van der Waals surface area contributed by atoms with Gasteiger partial charge < -0.3 is 4.52 Å². The van der Waals surface area contributed by atoms with E-state index in [1.54, 1.807) is 24.3 Å². The second-order valence-corrected chi connectivity index (χ2v) is 9.83. The SMILES string of the molecule is CCCCCOP(=O)(OCCCCC)Oc1nc2c(nc1-c1ccccc1)c(=O)n(C)c(=O)n2C. The lowest BCUT2D eigenvalue weighted by Gasteiger charge is -2.20. The van der Waals surface area contributed by atoms with E-state index in [2.05, 4.69) is 23.8 Å². The third-order valence-corrected chi connectivity index (χ3v) is 6.88. The molecule has 0 N–H and O–H groups in total. The van der Waals surface area contributed by atoms with Gasteiger partial charge in [0.2, 0.25) is 0 Å². The van der Waals surface area contributed by atoms with Crippen LogP contribution < -0.4 is 15.8 Å². The van der Waals surface area contributed by atoms with Gasteiger partial charge in [-0.25, -0.2) is 14.3 Å². The Balaban J connectivity index is 2.11. The van der Waals surface area contributed by atoms with Gasteiger partial charge in [-0.2, -0.15) is 4.98 Å². The fourth-order valence-corrected chi connectivity index (χ4v) is 4.68. The highest BCUT2D eigenvalue weighted by atomic mass is 31.2. The predicted molar refractivity (Wildman–Crippen MR) is 135 cm³/mol. The molecule has 35 heavy (non-hydrogen) atoms. The number of aromatic nitrogens is 4. The average Bonchev–Trinajstić information content (AvgIpc) is 2.87. The van der Waals surface area contributed by atoms with Crippen molar-refractivity contribution in [3.8, 4) is 17.1 Å². The summed E-state index contributed by atoms with van der Waals surface area (Å²) in [6.45, 7) is 4.50. The highest BCUT2D eigenvalue weighted by Crippen LogP contribution is 2.51. The van der Waals surface area contributed by atoms with E-state index < -0.39 is 19.1 Å². The second-order valence-electron chi connectivity index (χ2n) is 8.24. The molecule has 3 aromatic rings. The maximum absolute atomic E-state index is 13.6. The van der Waals surface area contributed by atoms with Gasteiger partial charge in [-0.3, -0.25) is 23.0 Å². The number of fused-ring (bicyclic) bond motifs is 1. The summed E-state index contributed by atoms with van der Waals surface area (Å²) in [5, 5.41) is 0. The summed E-state index contributed by atoms with van der Waals surface area (Å²) in [4.78, 5) is 34.2. The van der Waals surface area contributed by atoms with Gasteiger partial charge in [0.1, 0.15) is 5.69 Å². The van der Waals surface area contributed by atoms with Gasteiger partial charge in [-0.05, 0) is 12.8 Å². The van der Waals surface area contributed by atoms with Crippen LogP contribution in [-0.2, 0) is 27.7 Å². The number of hydrogen-bond donors (Lipinski definition) is 0. The normalized spacial score (nSPS) is 11.8. The van der Waals surface area contributed by atoms with Crippen LogP contribution in [0.2, 0.25) is 0 Å². The third kappa shape index (κ3) is 6.45. The lowest BCUT2D eigenvalue weighted by molar-refractivity contribution is 0.150. The Morgan fingerprint density at radius 2 is 1.46 bits per heavy atom. The molecule has 2 aromatic heterocycles. The number of benzene rings is 1. The van der Waals surface area contributed by atoms with Crippen molar-refractivity contribution >= 4 is 19.0 Å². The van der Waals surface area contributed by atoms with Gasteiger partial charge in [0.15, 0.2) is 11.2 Å². The minimum absolute atomic E-state index is 0.0105. The monoisotopic (exact) mass is 504 g/mol. The maximum Gasteiger partial charge on any atom is 0.531 e. The molecule has 0 fully saturated rings. The van der Waals surface area contributed by atoms with Crippen molar-refractivity contribution in [2.45, 2.75) is 52.4 Å². The first-order valence-electron chi connectivity index (χ1n) is 11.9. The molecule has 0 spiro atoms. The van der Waals surface area contributed by atoms with E-state index in [0.29, 0.717) is 18.4 Å². The quantitative estimate of drug-likeness (QED) is 0.245. The van der Waals surface area contributed by atoms with Gasteiger partial charge in [-0.1, -0.05) is 69.9 Å². The molecule has 0 bridgehead atoms. The van der Waals surface area contributed by atoms with Crippen LogP contribution in [0.3, 0.4) is 0 Å². The topological polar surface area (TPSA) is 115 Å². The fraction of sp³-hybridized carbons (Fsp3) is 0.500. The van der Waals surface area contributed by atoms with Crippen molar-refractivity contribution in [1.82, 2.24) is 19.1 Å². The zero-order valence-corrected chi connectivity index (χ0v) is 21.6. The van der Waals surface area contributed by atoms with Crippen molar-refractivity contribution in [2.75, 3.05) is 13.2 Å². The maximum atomic E-state index is 13.6. The van der Waals surface area contributed by atoms with E-state index in [9.17, 15) is 14.2 Å². The summed E-state index contributed by atoms with van der Waals surface area (Å²) in [7, 11) is -1.21. The van der Waals surface area contributed by atoms with Crippen molar-refractivity contribution in [3.63, 3.8) is 0 Å². The van der Waals surface area contributed by atoms with Crippen LogP contribution in [0, 0.1) is 0 Å². The summed E-state index contributed by atoms with van der Waals surface area (Å²) < 4.78 is 32.9. The van der Waals surface area contributed by atoms with E-state index in [1.807, 2.05) is 6.07 Å². The standard InChI is InChI=1S/C24H33N4O6P/c1-5-7-12-16-32-35(31,33-17-13-8-6-2)34-22-19(18-14-10-9-11-15-18)25-20-21(26-22)27(3)24(30)28(4)23(20)29/h9-11,14-15H,5-8,12-13,16-17H2,1-4H3. The van der Waals surface area contributed by atoms with E-state index in [1.165, 1.54) is 18.7 Å². The van der Waals surface area contributed by atoms with Gasteiger partial charge in [0, 0.05) is 19.7 Å². The summed E-state index contributed by atoms with van der Waals surface area (Å²) in [6.07, 6.45) is 5.16. The molecule has 0 amide bonds. The molecule has 10 nitrogen and oxygen atoms in total. The van der Waals surface area contributed by atoms with Crippen molar-refractivity contribution < 1.29 is 18.1 Å². The first-order chi connectivity index (χ1) is 16.8. The summed E-state index contributed by atoms with van der Waals surface area (Å²) in [5.74, 6) is -0.138. The predicted octanol–water partition coefficient (Wildman–Crippen LogP) is 4.59. The number of unbranched alkanes of at least 4 members (excludes halogenated alkanes) is 4. The Kier molecular flexibility index (Phi) is 9.37. The fourth-order valence-electron chi connectivity index (χ4n) is 3.45. The molecule has 0 aliphatic rings. The molecule has 190 valence electrons. The lowest BCUT2D eigenvalue weighted by atomic mass is 10.1. The zero-order chi connectivity index (χ0) is 25.4. The Labute approximate surface area is 204 Å². The highest BCUT2D eigenvalue weighted by Gasteiger charge is 2.32. The molecule has 0 radical (unpaired) electrons. The molecule has 0 unspecified atom stereocenters.